The first-order valence-electron chi connectivity index (χ1n) is 4.30. The number of hydrogen-bond donors (Lipinski definition) is 2. The number of hydrogen-bond acceptors (Lipinski definition) is 2. The summed E-state index contributed by atoms with van der Waals surface area (Å²) in [6.07, 6.45) is -3.23. The molecular formula is C9H8F3IN4. The molecule has 0 aliphatic heterocycles. The van der Waals surface area contributed by atoms with E-state index in [1.54, 1.807) is 22.6 Å². The van der Waals surface area contributed by atoms with Crippen molar-refractivity contribution in [2.24, 2.45) is 21.7 Å². The second-order valence-corrected chi connectivity index (χ2v) is 4.05. The fraction of sp³-hybridized carbons (Fsp3) is 0.111. The van der Waals surface area contributed by atoms with Crippen molar-refractivity contribution in [3.8, 4) is 0 Å². The number of nitrogens with zero attached hydrogens (tertiary/aromatic N) is 2. The van der Waals surface area contributed by atoms with Crippen LogP contribution in [0.4, 0.5) is 13.2 Å². The zero-order valence-electron chi connectivity index (χ0n) is 8.37. The number of halogens is 4. The third-order valence-electron chi connectivity index (χ3n) is 1.70. The molecule has 4 nitrogen and oxygen atoms in total. The van der Waals surface area contributed by atoms with Crippen molar-refractivity contribution in [2.75, 3.05) is 0 Å². The van der Waals surface area contributed by atoms with Crippen molar-refractivity contribution in [3.05, 3.63) is 32.9 Å². The van der Waals surface area contributed by atoms with Gasteiger partial charge in [-0.25, -0.2) is 0 Å². The first-order valence-corrected chi connectivity index (χ1v) is 5.38. The molecular weight excluding hydrogens is 348 g/mol. The Morgan fingerprint density at radius 3 is 2.47 bits per heavy atom. The number of guanidine groups is 1. The van der Waals surface area contributed by atoms with Gasteiger partial charge in [-0.05, 0) is 28.7 Å². The van der Waals surface area contributed by atoms with E-state index in [9.17, 15) is 13.2 Å². The fourth-order valence-electron chi connectivity index (χ4n) is 1.03. The summed E-state index contributed by atoms with van der Waals surface area (Å²) < 4.78 is 37.7. The molecule has 1 rings (SSSR count). The Labute approximate surface area is 109 Å². The van der Waals surface area contributed by atoms with Crippen LogP contribution in [0.3, 0.4) is 0 Å². The maximum atomic E-state index is 12.6. The lowest BCUT2D eigenvalue weighted by Crippen LogP contribution is -2.21. The van der Waals surface area contributed by atoms with E-state index in [1.165, 1.54) is 12.1 Å². The maximum Gasteiger partial charge on any atom is 0.417 e. The number of benzene rings is 1. The highest BCUT2D eigenvalue weighted by Crippen LogP contribution is 2.33. The van der Waals surface area contributed by atoms with Crippen LogP contribution in [0.25, 0.3) is 0 Å². The Morgan fingerprint density at radius 1 is 1.29 bits per heavy atom. The van der Waals surface area contributed by atoms with Crippen LogP contribution in [0.15, 0.2) is 28.4 Å². The summed E-state index contributed by atoms with van der Waals surface area (Å²) in [6.45, 7) is 0. The third kappa shape index (κ3) is 3.88. The Kier molecular flexibility index (Phi) is 4.32. The molecule has 0 saturated carbocycles. The average Bonchev–Trinajstić information content (AvgIpc) is 2.18. The molecule has 0 aromatic heterocycles. The summed E-state index contributed by atoms with van der Waals surface area (Å²) in [5.41, 5.74) is 9.63. The lowest BCUT2D eigenvalue weighted by Gasteiger charge is -2.10. The highest BCUT2D eigenvalue weighted by molar-refractivity contribution is 14.1. The van der Waals surface area contributed by atoms with E-state index in [4.69, 9.17) is 11.5 Å². The van der Waals surface area contributed by atoms with E-state index in [1.807, 2.05) is 0 Å². The average molecular weight is 356 g/mol. The summed E-state index contributed by atoms with van der Waals surface area (Å²) in [4.78, 5) is 0. The molecule has 0 spiro atoms. The molecule has 0 saturated heterocycles. The van der Waals surface area contributed by atoms with Gasteiger partial charge in [0.1, 0.15) is 0 Å². The van der Waals surface area contributed by atoms with Crippen molar-refractivity contribution < 1.29 is 13.2 Å². The van der Waals surface area contributed by atoms with E-state index >= 15 is 0 Å². The smallest absolute Gasteiger partial charge is 0.369 e. The molecule has 0 amide bonds. The third-order valence-corrected chi connectivity index (χ3v) is 2.91. The van der Waals surface area contributed by atoms with Gasteiger partial charge in [-0.3, -0.25) is 0 Å². The fourth-order valence-corrected chi connectivity index (χ4v) is 1.83. The second kappa shape index (κ2) is 5.34. The molecule has 0 atom stereocenters. The van der Waals surface area contributed by atoms with Crippen LogP contribution in [0, 0.1) is 3.57 Å². The molecule has 92 valence electrons. The minimum Gasteiger partial charge on any atom is -0.369 e. The Bertz CT molecular complexity index is 464. The molecule has 0 aliphatic carbocycles. The molecule has 1 aromatic rings. The predicted octanol–water partition coefficient (Wildman–Crippen LogP) is 1.92. The molecule has 8 heteroatoms. The van der Waals surface area contributed by atoms with Gasteiger partial charge in [0.2, 0.25) is 5.96 Å². The first kappa shape index (κ1) is 13.7. The minimum absolute atomic E-state index is 0.0483. The number of rotatable bonds is 2. The number of alkyl halides is 3. The van der Waals surface area contributed by atoms with E-state index in [0.717, 1.165) is 12.3 Å². The van der Waals surface area contributed by atoms with Crippen LogP contribution in [-0.4, -0.2) is 12.2 Å². The van der Waals surface area contributed by atoms with Gasteiger partial charge in [0.25, 0.3) is 0 Å². The Balaban J connectivity index is 3.12. The molecule has 0 radical (unpaired) electrons. The summed E-state index contributed by atoms with van der Waals surface area (Å²) in [5, 5.41) is 6.78. The molecule has 0 unspecified atom stereocenters. The van der Waals surface area contributed by atoms with E-state index in [-0.39, 0.29) is 9.53 Å². The quantitative estimate of drug-likeness (QED) is 0.368. The zero-order valence-corrected chi connectivity index (χ0v) is 10.5. The number of nitrogens with two attached hydrogens (primary N) is 2. The van der Waals surface area contributed by atoms with Crippen molar-refractivity contribution in [1.29, 1.82) is 0 Å². The van der Waals surface area contributed by atoms with Crippen LogP contribution in [-0.2, 0) is 6.18 Å². The van der Waals surface area contributed by atoms with Gasteiger partial charge in [-0.1, -0.05) is 12.1 Å². The SMILES string of the molecule is NC(N)=NN=Cc1cccc(C(F)(F)F)c1I. The van der Waals surface area contributed by atoms with Gasteiger partial charge >= 0.3 is 6.18 Å². The summed E-state index contributed by atoms with van der Waals surface area (Å²) >= 11 is 1.60. The monoisotopic (exact) mass is 356 g/mol. The summed E-state index contributed by atoms with van der Waals surface area (Å²) in [7, 11) is 0. The maximum absolute atomic E-state index is 12.6. The van der Waals surface area contributed by atoms with Gasteiger partial charge in [0.05, 0.1) is 11.8 Å². The van der Waals surface area contributed by atoms with Crippen molar-refractivity contribution >= 4 is 34.8 Å². The Morgan fingerprint density at radius 2 is 1.94 bits per heavy atom. The normalized spacial score (nSPS) is 11.8. The molecule has 0 heterocycles. The molecule has 0 fully saturated rings. The standard InChI is InChI=1S/C9H8F3IN4/c10-9(11,12)6-3-1-2-5(7(6)13)4-16-17-8(14)15/h1-4H,(H4,14,15,17). The largest absolute Gasteiger partial charge is 0.417 e. The molecule has 0 aliphatic rings. The Hall–Kier alpha value is -1.32. The van der Waals surface area contributed by atoms with Crippen LogP contribution in [0.5, 0.6) is 0 Å². The van der Waals surface area contributed by atoms with Crippen molar-refractivity contribution in [2.45, 2.75) is 6.18 Å². The summed E-state index contributed by atoms with van der Waals surface area (Å²) in [6, 6.07) is 3.78. The van der Waals surface area contributed by atoms with E-state index in [2.05, 4.69) is 10.2 Å². The van der Waals surface area contributed by atoms with E-state index in [0.29, 0.717) is 5.56 Å². The highest BCUT2D eigenvalue weighted by atomic mass is 127. The van der Waals surface area contributed by atoms with Crippen LogP contribution >= 0.6 is 22.6 Å². The van der Waals surface area contributed by atoms with E-state index < -0.39 is 11.7 Å². The predicted molar refractivity (Wildman–Crippen MR) is 67.6 cm³/mol. The van der Waals surface area contributed by atoms with Gasteiger partial charge < -0.3 is 11.5 Å². The lowest BCUT2D eigenvalue weighted by molar-refractivity contribution is -0.138. The van der Waals surface area contributed by atoms with Crippen molar-refractivity contribution in [1.82, 2.24) is 0 Å². The van der Waals surface area contributed by atoms with Crippen LogP contribution in [0.2, 0.25) is 0 Å². The summed E-state index contributed by atoms with van der Waals surface area (Å²) in [5.74, 6) is -0.261. The topological polar surface area (TPSA) is 76.8 Å². The van der Waals surface area contributed by atoms with Gasteiger partial charge in [0.15, 0.2) is 0 Å². The van der Waals surface area contributed by atoms with Crippen LogP contribution < -0.4 is 11.5 Å². The zero-order chi connectivity index (χ0) is 13.1. The van der Waals surface area contributed by atoms with Gasteiger partial charge in [-0.15, -0.1) is 5.10 Å². The molecule has 17 heavy (non-hydrogen) atoms. The highest BCUT2D eigenvalue weighted by Gasteiger charge is 2.33. The van der Waals surface area contributed by atoms with Gasteiger partial charge in [-0.2, -0.15) is 18.3 Å². The van der Waals surface area contributed by atoms with Gasteiger partial charge in [0, 0.05) is 9.13 Å². The minimum atomic E-state index is -4.39. The molecule has 1 aromatic carbocycles. The molecule has 4 N–H and O–H groups in total. The molecule has 0 bridgehead atoms. The second-order valence-electron chi connectivity index (χ2n) is 2.98. The van der Waals surface area contributed by atoms with Crippen molar-refractivity contribution in [3.63, 3.8) is 0 Å². The first-order chi connectivity index (χ1) is 7.82. The lowest BCUT2D eigenvalue weighted by atomic mass is 10.1. The van der Waals surface area contributed by atoms with Crippen LogP contribution in [0.1, 0.15) is 11.1 Å².